The summed E-state index contributed by atoms with van der Waals surface area (Å²) >= 11 is 0. The lowest BCUT2D eigenvalue weighted by Gasteiger charge is -2.18. The third-order valence-corrected chi connectivity index (χ3v) is 3.16. The first-order valence-corrected chi connectivity index (χ1v) is 5.76. The molecule has 0 amide bonds. The van der Waals surface area contributed by atoms with Crippen LogP contribution in [0, 0.1) is 12.8 Å². The Morgan fingerprint density at radius 2 is 1.71 bits per heavy atom. The summed E-state index contributed by atoms with van der Waals surface area (Å²) in [5.74, 6) is -1.84. The van der Waals surface area contributed by atoms with Gasteiger partial charge in [-0.2, -0.15) is 0 Å². The Bertz CT molecular complexity index is 472. The van der Waals surface area contributed by atoms with E-state index in [-0.39, 0.29) is 17.3 Å². The van der Waals surface area contributed by atoms with Crippen LogP contribution in [0.15, 0.2) is 24.3 Å². The Morgan fingerprint density at radius 3 is 2.29 bits per heavy atom. The van der Waals surface area contributed by atoms with Gasteiger partial charge in [-0.1, -0.05) is 24.3 Å². The predicted molar refractivity (Wildman–Crippen MR) is 62.9 cm³/mol. The summed E-state index contributed by atoms with van der Waals surface area (Å²) < 4.78 is 0. The minimum absolute atomic E-state index is 0.227. The fourth-order valence-electron chi connectivity index (χ4n) is 2.20. The highest BCUT2D eigenvalue weighted by Crippen LogP contribution is 2.22. The lowest BCUT2D eigenvalue weighted by atomic mass is 9.81. The number of aryl methyl sites for hydroxylation is 1. The molecule has 1 fully saturated rings. The molecule has 1 saturated carbocycles. The van der Waals surface area contributed by atoms with E-state index in [4.69, 9.17) is 0 Å². The molecular weight excluding hydrogens is 216 g/mol. The molecule has 1 aromatic carbocycles. The molecule has 0 unspecified atom stereocenters. The van der Waals surface area contributed by atoms with E-state index in [0.717, 1.165) is 5.56 Å². The summed E-state index contributed by atoms with van der Waals surface area (Å²) in [5, 5.41) is 0. The lowest BCUT2D eigenvalue weighted by molar-refractivity contribution is -0.133. The third kappa shape index (κ3) is 2.18. The summed E-state index contributed by atoms with van der Waals surface area (Å²) in [4.78, 5) is 35.6. The number of hydrogen-bond donors (Lipinski definition) is 0. The number of carbonyl (C=O) groups excluding carboxylic acids is 3. The van der Waals surface area contributed by atoms with Crippen molar-refractivity contribution in [1.82, 2.24) is 0 Å². The van der Waals surface area contributed by atoms with Crippen molar-refractivity contribution >= 4 is 17.3 Å². The van der Waals surface area contributed by atoms with Crippen molar-refractivity contribution in [2.45, 2.75) is 26.2 Å². The van der Waals surface area contributed by atoms with E-state index in [0.29, 0.717) is 24.8 Å². The second-order valence-electron chi connectivity index (χ2n) is 4.40. The van der Waals surface area contributed by atoms with Crippen molar-refractivity contribution in [2.75, 3.05) is 0 Å². The molecule has 0 spiro atoms. The van der Waals surface area contributed by atoms with Crippen LogP contribution in [0.3, 0.4) is 0 Å². The van der Waals surface area contributed by atoms with Crippen LogP contribution in [-0.4, -0.2) is 17.3 Å². The molecule has 1 aliphatic carbocycles. The monoisotopic (exact) mass is 230 g/mol. The van der Waals surface area contributed by atoms with Gasteiger partial charge in [0.2, 0.25) is 0 Å². The molecule has 0 saturated heterocycles. The molecule has 0 bridgehead atoms. The van der Waals surface area contributed by atoms with Gasteiger partial charge in [-0.05, 0) is 18.9 Å². The molecule has 0 radical (unpaired) electrons. The third-order valence-electron chi connectivity index (χ3n) is 3.16. The molecule has 0 heterocycles. The SMILES string of the molecule is Cc1ccccc1C(=O)C1C(=O)CCCC1=O. The van der Waals surface area contributed by atoms with Crippen molar-refractivity contribution < 1.29 is 14.4 Å². The molecule has 1 aromatic rings. The van der Waals surface area contributed by atoms with Gasteiger partial charge in [0.15, 0.2) is 17.3 Å². The van der Waals surface area contributed by atoms with Crippen LogP contribution in [0.5, 0.6) is 0 Å². The van der Waals surface area contributed by atoms with Crippen LogP contribution in [0.4, 0.5) is 0 Å². The number of Topliss-reactive ketones (excluding diaryl/α,β-unsaturated/α-hetero) is 3. The fraction of sp³-hybridized carbons (Fsp3) is 0.357. The van der Waals surface area contributed by atoms with Crippen LogP contribution >= 0.6 is 0 Å². The van der Waals surface area contributed by atoms with E-state index < -0.39 is 5.92 Å². The number of rotatable bonds is 2. The van der Waals surface area contributed by atoms with Gasteiger partial charge in [-0.3, -0.25) is 14.4 Å². The molecule has 17 heavy (non-hydrogen) atoms. The zero-order valence-corrected chi connectivity index (χ0v) is 9.73. The quantitative estimate of drug-likeness (QED) is 0.577. The molecule has 3 heteroatoms. The number of ketones is 3. The second-order valence-corrected chi connectivity index (χ2v) is 4.40. The van der Waals surface area contributed by atoms with E-state index in [2.05, 4.69) is 0 Å². The summed E-state index contributed by atoms with van der Waals surface area (Å²) in [6, 6.07) is 7.06. The van der Waals surface area contributed by atoms with E-state index in [1.807, 2.05) is 19.1 Å². The van der Waals surface area contributed by atoms with E-state index in [9.17, 15) is 14.4 Å². The van der Waals surface area contributed by atoms with Crippen molar-refractivity contribution in [3.63, 3.8) is 0 Å². The van der Waals surface area contributed by atoms with Gasteiger partial charge >= 0.3 is 0 Å². The van der Waals surface area contributed by atoms with Crippen LogP contribution in [-0.2, 0) is 9.59 Å². The summed E-state index contributed by atoms with van der Waals surface area (Å²) in [6.07, 6.45) is 1.26. The molecule has 1 aliphatic rings. The fourth-order valence-corrected chi connectivity index (χ4v) is 2.20. The molecular formula is C14H14O3. The highest BCUT2D eigenvalue weighted by molar-refractivity contribution is 6.25. The van der Waals surface area contributed by atoms with E-state index in [1.165, 1.54) is 0 Å². The Morgan fingerprint density at radius 1 is 1.12 bits per heavy atom. The minimum Gasteiger partial charge on any atom is -0.298 e. The predicted octanol–water partition coefficient (Wildman–Crippen LogP) is 2.12. The zero-order chi connectivity index (χ0) is 12.4. The summed E-state index contributed by atoms with van der Waals surface area (Å²) in [7, 11) is 0. The molecule has 88 valence electrons. The van der Waals surface area contributed by atoms with Crippen molar-refractivity contribution in [3.05, 3.63) is 35.4 Å². The lowest BCUT2D eigenvalue weighted by Crippen LogP contribution is -2.35. The highest BCUT2D eigenvalue weighted by atomic mass is 16.2. The van der Waals surface area contributed by atoms with E-state index in [1.54, 1.807) is 12.1 Å². The van der Waals surface area contributed by atoms with E-state index >= 15 is 0 Å². The van der Waals surface area contributed by atoms with Gasteiger partial charge in [-0.25, -0.2) is 0 Å². The van der Waals surface area contributed by atoms with Gasteiger partial charge in [-0.15, -0.1) is 0 Å². The number of carbonyl (C=O) groups is 3. The standard InChI is InChI=1S/C14H14O3/c1-9-5-2-3-6-10(9)14(17)13-11(15)7-4-8-12(13)16/h2-3,5-6,13H,4,7-8H2,1H3. The smallest absolute Gasteiger partial charge is 0.181 e. The van der Waals surface area contributed by atoms with Crippen LogP contribution in [0.1, 0.15) is 35.2 Å². The highest BCUT2D eigenvalue weighted by Gasteiger charge is 2.36. The first-order chi connectivity index (χ1) is 8.11. The van der Waals surface area contributed by atoms with Crippen LogP contribution in [0.25, 0.3) is 0 Å². The molecule has 0 aromatic heterocycles. The van der Waals surface area contributed by atoms with Gasteiger partial charge in [0, 0.05) is 18.4 Å². The molecule has 3 nitrogen and oxygen atoms in total. The maximum atomic E-state index is 12.2. The van der Waals surface area contributed by atoms with Gasteiger partial charge in [0.25, 0.3) is 0 Å². The number of hydrogen-bond acceptors (Lipinski definition) is 3. The maximum absolute atomic E-state index is 12.2. The number of benzene rings is 1. The summed E-state index contributed by atoms with van der Waals surface area (Å²) in [5.41, 5.74) is 1.30. The second kappa shape index (κ2) is 4.62. The Labute approximate surface area is 99.8 Å². The average molecular weight is 230 g/mol. The van der Waals surface area contributed by atoms with Gasteiger partial charge in [0.1, 0.15) is 5.92 Å². The molecule has 0 atom stereocenters. The van der Waals surface area contributed by atoms with Crippen LogP contribution < -0.4 is 0 Å². The maximum Gasteiger partial charge on any atom is 0.181 e. The Balaban J connectivity index is 2.34. The van der Waals surface area contributed by atoms with Crippen molar-refractivity contribution in [2.24, 2.45) is 5.92 Å². The molecule has 0 aliphatic heterocycles. The Hall–Kier alpha value is -1.77. The van der Waals surface area contributed by atoms with Gasteiger partial charge < -0.3 is 0 Å². The minimum atomic E-state index is -1.05. The first-order valence-electron chi connectivity index (χ1n) is 5.76. The topological polar surface area (TPSA) is 51.2 Å². The molecule has 2 rings (SSSR count). The van der Waals surface area contributed by atoms with Gasteiger partial charge in [0.05, 0.1) is 0 Å². The van der Waals surface area contributed by atoms with Crippen molar-refractivity contribution in [1.29, 1.82) is 0 Å². The largest absolute Gasteiger partial charge is 0.298 e. The average Bonchev–Trinajstić information content (AvgIpc) is 2.29. The molecule has 0 N–H and O–H groups in total. The normalized spacial score (nSPS) is 17.2. The zero-order valence-electron chi connectivity index (χ0n) is 9.73. The summed E-state index contributed by atoms with van der Waals surface area (Å²) in [6.45, 7) is 1.81. The van der Waals surface area contributed by atoms with Crippen LogP contribution in [0.2, 0.25) is 0 Å². The van der Waals surface area contributed by atoms with Crippen molar-refractivity contribution in [3.8, 4) is 0 Å². The Kier molecular flexibility index (Phi) is 3.18. The first kappa shape index (κ1) is 11.7.